The molecule has 0 bridgehead atoms. The second-order valence-corrected chi connectivity index (χ2v) is 6.28. The van der Waals surface area contributed by atoms with Crippen molar-refractivity contribution in [2.45, 2.75) is 19.9 Å². The summed E-state index contributed by atoms with van der Waals surface area (Å²) in [5.74, 6) is 0.0871. The van der Waals surface area contributed by atoms with Gasteiger partial charge in [0.1, 0.15) is 0 Å². The predicted molar refractivity (Wildman–Crippen MR) is 73.4 cm³/mol. The molecule has 0 spiro atoms. The monoisotopic (exact) mass is 335 g/mol. The molecular formula is C11H14INOS. The number of carbonyl (C=O) groups is 1. The summed E-state index contributed by atoms with van der Waals surface area (Å²) in [6.07, 6.45) is 1.76. The van der Waals surface area contributed by atoms with E-state index in [9.17, 15) is 4.79 Å². The average molecular weight is 335 g/mol. The Balaban J connectivity index is 2.85. The number of rotatable bonds is 4. The molecule has 4 heteroatoms. The zero-order chi connectivity index (χ0) is 11.4. The molecule has 0 aliphatic rings. The first-order chi connectivity index (χ1) is 7.06. The molecule has 82 valence electrons. The molecule has 0 radical (unpaired) electrons. The summed E-state index contributed by atoms with van der Waals surface area (Å²) in [6.45, 7) is 8.30. The molecule has 0 atom stereocenters. The Hall–Kier alpha value is -0.360. The van der Waals surface area contributed by atoms with Gasteiger partial charge in [-0.2, -0.15) is 0 Å². The first-order valence-electron chi connectivity index (χ1n) is 4.72. The topological polar surface area (TPSA) is 20.3 Å². The number of nitrogens with zero attached hydrogens (tertiary/aromatic N) is 1. The molecule has 0 aliphatic carbocycles. The van der Waals surface area contributed by atoms with E-state index in [1.165, 1.54) is 0 Å². The zero-order valence-corrected chi connectivity index (χ0v) is 11.8. The third-order valence-corrected chi connectivity index (χ3v) is 3.81. The number of halogens is 1. The van der Waals surface area contributed by atoms with Crippen molar-refractivity contribution in [1.29, 1.82) is 0 Å². The molecule has 0 N–H and O–H groups in total. The summed E-state index contributed by atoms with van der Waals surface area (Å²) >= 11 is 3.82. The van der Waals surface area contributed by atoms with Crippen LogP contribution in [0.4, 0.5) is 0 Å². The quantitative estimate of drug-likeness (QED) is 0.610. The molecule has 1 amide bonds. The molecule has 2 nitrogen and oxygen atoms in total. The molecule has 0 aromatic carbocycles. The maximum absolute atomic E-state index is 12.1. The number of amides is 1. The lowest BCUT2D eigenvalue weighted by Gasteiger charge is -2.24. The third kappa shape index (κ3) is 3.31. The highest BCUT2D eigenvalue weighted by atomic mass is 127. The van der Waals surface area contributed by atoms with Crippen LogP contribution < -0.4 is 0 Å². The lowest BCUT2D eigenvalue weighted by atomic mass is 10.2. The van der Waals surface area contributed by atoms with Gasteiger partial charge in [0.05, 0.1) is 8.45 Å². The fraction of sp³-hybridized carbons (Fsp3) is 0.364. The van der Waals surface area contributed by atoms with E-state index in [-0.39, 0.29) is 11.9 Å². The summed E-state index contributed by atoms with van der Waals surface area (Å²) in [5, 5.41) is 1.91. The van der Waals surface area contributed by atoms with Crippen molar-refractivity contribution >= 4 is 39.8 Å². The van der Waals surface area contributed by atoms with Gasteiger partial charge in [-0.25, -0.2) is 0 Å². The van der Waals surface area contributed by atoms with Gasteiger partial charge >= 0.3 is 0 Å². The highest BCUT2D eigenvalue weighted by Gasteiger charge is 2.18. The molecule has 0 saturated carbocycles. The van der Waals surface area contributed by atoms with Crippen LogP contribution in [0.3, 0.4) is 0 Å². The van der Waals surface area contributed by atoms with Crippen molar-refractivity contribution in [3.8, 4) is 0 Å². The van der Waals surface area contributed by atoms with Crippen LogP contribution >= 0.6 is 33.9 Å². The molecule has 0 unspecified atom stereocenters. The van der Waals surface area contributed by atoms with Gasteiger partial charge in [-0.1, -0.05) is 6.08 Å². The van der Waals surface area contributed by atoms with Gasteiger partial charge in [-0.15, -0.1) is 17.9 Å². The minimum absolute atomic E-state index is 0.0871. The van der Waals surface area contributed by atoms with Gasteiger partial charge in [0.2, 0.25) is 0 Å². The molecule has 0 fully saturated rings. The predicted octanol–water partition coefficient (Wildman–Crippen LogP) is 3.39. The van der Waals surface area contributed by atoms with Crippen molar-refractivity contribution in [2.75, 3.05) is 6.54 Å². The Kier molecular flexibility index (Phi) is 4.79. The molecule has 15 heavy (non-hydrogen) atoms. The summed E-state index contributed by atoms with van der Waals surface area (Å²) in [7, 11) is 0. The highest BCUT2D eigenvalue weighted by molar-refractivity contribution is 14.1. The van der Waals surface area contributed by atoms with Crippen LogP contribution in [0.2, 0.25) is 0 Å². The lowest BCUT2D eigenvalue weighted by molar-refractivity contribution is 0.0729. The number of hydrogen-bond donors (Lipinski definition) is 0. The fourth-order valence-corrected chi connectivity index (χ4v) is 2.58. The standard InChI is InChI=1S/C11H14INOS/c1-4-5-13(8(2)3)11(14)9-6-10(12)15-7-9/h4,6-8H,1,5H2,2-3H3. The van der Waals surface area contributed by atoms with Crippen molar-refractivity contribution in [1.82, 2.24) is 4.90 Å². The van der Waals surface area contributed by atoms with E-state index in [0.29, 0.717) is 6.54 Å². The van der Waals surface area contributed by atoms with E-state index in [0.717, 1.165) is 8.45 Å². The number of thiophene rings is 1. The van der Waals surface area contributed by atoms with E-state index < -0.39 is 0 Å². The maximum atomic E-state index is 12.1. The van der Waals surface area contributed by atoms with Gasteiger partial charge in [0.25, 0.3) is 5.91 Å². The minimum Gasteiger partial charge on any atom is -0.332 e. The summed E-state index contributed by atoms with van der Waals surface area (Å²) < 4.78 is 1.14. The Morgan fingerprint density at radius 3 is 2.80 bits per heavy atom. The second-order valence-electron chi connectivity index (χ2n) is 3.48. The highest BCUT2D eigenvalue weighted by Crippen LogP contribution is 2.18. The van der Waals surface area contributed by atoms with Crippen molar-refractivity contribution < 1.29 is 4.79 Å². The summed E-state index contributed by atoms with van der Waals surface area (Å²) in [6, 6.07) is 2.12. The van der Waals surface area contributed by atoms with Gasteiger partial charge in [-0.05, 0) is 42.5 Å². The Morgan fingerprint density at radius 1 is 1.73 bits per heavy atom. The lowest BCUT2D eigenvalue weighted by Crippen LogP contribution is -2.36. The maximum Gasteiger partial charge on any atom is 0.255 e. The third-order valence-electron chi connectivity index (χ3n) is 2.02. The fourth-order valence-electron chi connectivity index (χ4n) is 1.26. The smallest absolute Gasteiger partial charge is 0.255 e. The first-order valence-corrected chi connectivity index (χ1v) is 6.68. The normalized spacial score (nSPS) is 10.4. The molecule has 0 saturated heterocycles. The minimum atomic E-state index is 0.0871. The van der Waals surface area contributed by atoms with Crippen LogP contribution in [0.15, 0.2) is 24.1 Å². The van der Waals surface area contributed by atoms with Crippen LogP contribution in [-0.2, 0) is 0 Å². The zero-order valence-electron chi connectivity index (χ0n) is 8.87. The van der Waals surface area contributed by atoms with Gasteiger partial charge in [0.15, 0.2) is 0 Å². The average Bonchev–Trinajstić information content (AvgIpc) is 2.59. The second kappa shape index (κ2) is 5.65. The van der Waals surface area contributed by atoms with Crippen molar-refractivity contribution in [3.63, 3.8) is 0 Å². The number of hydrogen-bond acceptors (Lipinski definition) is 2. The Labute approximate surface area is 108 Å². The molecule has 1 aromatic heterocycles. The van der Waals surface area contributed by atoms with Gasteiger partial charge in [0, 0.05) is 18.0 Å². The van der Waals surface area contributed by atoms with Crippen LogP contribution in [-0.4, -0.2) is 23.4 Å². The molecular weight excluding hydrogens is 321 g/mol. The van der Waals surface area contributed by atoms with E-state index in [1.807, 2.05) is 30.2 Å². The van der Waals surface area contributed by atoms with E-state index in [2.05, 4.69) is 29.2 Å². The van der Waals surface area contributed by atoms with Crippen molar-refractivity contribution in [2.24, 2.45) is 0 Å². The molecule has 0 aliphatic heterocycles. The Bertz CT molecular complexity index is 359. The van der Waals surface area contributed by atoms with Gasteiger partial charge < -0.3 is 4.90 Å². The number of carbonyl (C=O) groups excluding carboxylic acids is 1. The molecule has 1 aromatic rings. The largest absolute Gasteiger partial charge is 0.332 e. The van der Waals surface area contributed by atoms with Gasteiger partial charge in [-0.3, -0.25) is 4.79 Å². The van der Waals surface area contributed by atoms with Crippen LogP contribution in [0.5, 0.6) is 0 Å². The van der Waals surface area contributed by atoms with Crippen molar-refractivity contribution in [3.05, 3.63) is 32.5 Å². The summed E-state index contributed by atoms with van der Waals surface area (Å²) in [5.41, 5.74) is 0.778. The van der Waals surface area contributed by atoms with Crippen LogP contribution in [0.1, 0.15) is 24.2 Å². The molecule has 1 heterocycles. The van der Waals surface area contributed by atoms with Crippen LogP contribution in [0.25, 0.3) is 0 Å². The SMILES string of the molecule is C=CCN(C(=O)c1csc(I)c1)C(C)C. The van der Waals surface area contributed by atoms with E-state index in [1.54, 1.807) is 17.4 Å². The Morgan fingerprint density at radius 2 is 2.40 bits per heavy atom. The first kappa shape index (κ1) is 12.7. The van der Waals surface area contributed by atoms with E-state index in [4.69, 9.17) is 0 Å². The van der Waals surface area contributed by atoms with Crippen LogP contribution in [0, 0.1) is 2.88 Å². The van der Waals surface area contributed by atoms with E-state index >= 15 is 0 Å². The molecule has 1 rings (SSSR count). The summed E-state index contributed by atoms with van der Waals surface area (Å²) in [4.78, 5) is 13.9.